The van der Waals surface area contributed by atoms with E-state index in [9.17, 15) is 0 Å². The molecule has 1 rings (SSSR count). The van der Waals surface area contributed by atoms with E-state index < -0.39 is 0 Å². The van der Waals surface area contributed by atoms with Crippen LogP contribution >= 0.6 is 16.1 Å². The summed E-state index contributed by atoms with van der Waals surface area (Å²) in [7, 11) is 0. The molecule has 4 heteroatoms. The highest BCUT2D eigenvalue weighted by molar-refractivity contribution is 9.07. The van der Waals surface area contributed by atoms with Crippen LogP contribution in [0, 0.1) is 0 Å². The molecule has 0 radical (unpaired) electrons. The molecule has 1 aliphatic heterocycles. The van der Waals surface area contributed by atoms with Crippen molar-refractivity contribution in [1.82, 2.24) is 4.09 Å². The first-order valence-corrected chi connectivity index (χ1v) is 2.05. The van der Waals surface area contributed by atoms with Gasteiger partial charge in [-0.3, -0.25) is 0 Å². The molecule has 0 aromatic heterocycles. The van der Waals surface area contributed by atoms with E-state index >= 15 is 0 Å². The van der Waals surface area contributed by atoms with Gasteiger partial charge < -0.3 is 4.89 Å². The SMILES string of the molecule is BrN1C=COO1. The summed E-state index contributed by atoms with van der Waals surface area (Å²) in [5.74, 6) is 0. The molecule has 3 nitrogen and oxygen atoms in total. The van der Waals surface area contributed by atoms with Crippen LogP contribution in [-0.4, -0.2) is 4.09 Å². The third kappa shape index (κ3) is 0.636. The molecule has 0 spiro atoms. The van der Waals surface area contributed by atoms with Gasteiger partial charge in [-0.05, 0) is 4.99 Å². The summed E-state index contributed by atoms with van der Waals surface area (Å²) in [5.41, 5.74) is 0. The van der Waals surface area contributed by atoms with E-state index in [0.717, 1.165) is 0 Å². The molecule has 34 valence electrons. The molecule has 1 aliphatic rings. The van der Waals surface area contributed by atoms with Crippen molar-refractivity contribution in [2.24, 2.45) is 0 Å². The second kappa shape index (κ2) is 1.49. The lowest BCUT2D eigenvalue weighted by molar-refractivity contribution is -0.315. The van der Waals surface area contributed by atoms with E-state index in [0.29, 0.717) is 0 Å². The van der Waals surface area contributed by atoms with E-state index in [2.05, 4.69) is 26.0 Å². The van der Waals surface area contributed by atoms with E-state index in [1.165, 1.54) is 10.4 Å². The Balaban J connectivity index is 2.38. The molecule has 0 saturated heterocycles. The Morgan fingerprint density at radius 1 is 1.67 bits per heavy atom. The van der Waals surface area contributed by atoms with Gasteiger partial charge in [0.05, 0.1) is 22.3 Å². The van der Waals surface area contributed by atoms with Crippen LogP contribution in [0.2, 0.25) is 0 Å². The smallest absolute Gasteiger partial charge is 0.151 e. The molecule has 0 aliphatic carbocycles. The van der Waals surface area contributed by atoms with E-state index in [4.69, 9.17) is 0 Å². The van der Waals surface area contributed by atoms with Crippen molar-refractivity contribution in [3.05, 3.63) is 12.5 Å². The summed E-state index contributed by atoms with van der Waals surface area (Å²) in [5, 5.41) is 0. The van der Waals surface area contributed by atoms with Gasteiger partial charge in [0.15, 0.2) is 6.26 Å². The van der Waals surface area contributed by atoms with Crippen molar-refractivity contribution in [2.45, 2.75) is 0 Å². The first kappa shape index (κ1) is 3.95. The van der Waals surface area contributed by atoms with Crippen LogP contribution in [0.15, 0.2) is 12.5 Å². The minimum Gasteiger partial charge on any atom is -0.320 e. The van der Waals surface area contributed by atoms with E-state index in [-0.39, 0.29) is 0 Å². The van der Waals surface area contributed by atoms with Crippen molar-refractivity contribution in [1.29, 1.82) is 0 Å². The van der Waals surface area contributed by atoms with Gasteiger partial charge in [-0.15, -0.1) is 4.09 Å². The number of hydroxylamine groups is 1. The van der Waals surface area contributed by atoms with Gasteiger partial charge >= 0.3 is 0 Å². The molecule has 1 heterocycles. The minimum absolute atomic E-state index is 1.27. The van der Waals surface area contributed by atoms with Gasteiger partial charge in [0.25, 0.3) is 0 Å². The lowest BCUT2D eigenvalue weighted by atomic mass is 11.0. The van der Waals surface area contributed by atoms with Crippen LogP contribution in [-0.2, 0) is 9.88 Å². The van der Waals surface area contributed by atoms with E-state index in [1.807, 2.05) is 0 Å². The Kier molecular flexibility index (Phi) is 0.979. The molecule has 0 saturated carbocycles. The van der Waals surface area contributed by atoms with Crippen LogP contribution in [0.5, 0.6) is 0 Å². The monoisotopic (exact) mass is 151 g/mol. The van der Waals surface area contributed by atoms with Crippen LogP contribution in [0.1, 0.15) is 0 Å². The first-order chi connectivity index (χ1) is 2.89. The van der Waals surface area contributed by atoms with Crippen LogP contribution < -0.4 is 0 Å². The van der Waals surface area contributed by atoms with Gasteiger partial charge in [0, 0.05) is 0 Å². The number of hydrogen-bond acceptors (Lipinski definition) is 3. The summed E-state index contributed by atoms with van der Waals surface area (Å²) in [6, 6.07) is 0. The van der Waals surface area contributed by atoms with Crippen LogP contribution in [0.4, 0.5) is 0 Å². The minimum atomic E-state index is 1.27. The summed E-state index contributed by atoms with van der Waals surface area (Å²) >= 11 is 2.94. The summed E-state index contributed by atoms with van der Waals surface area (Å²) < 4.78 is 1.27. The Labute approximate surface area is 43.4 Å². The average Bonchev–Trinajstić information content (AvgIpc) is 1.86. The lowest BCUT2D eigenvalue weighted by Crippen LogP contribution is -1.92. The highest BCUT2D eigenvalue weighted by atomic mass is 79.9. The Morgan fingerprint density at radius 3 is 2.67 bits per heavy atom. The first-order valence-electron chi connectivity index (χ1n) is 1.35. The van der Waals surface area contributed by atoms with Crippen molar-refractivity contribution >= 4 is 16.1 Å². The van der Waals surface area contributed by atoms with Crippen LogP contribution in [0.3, 0.4) is 0 Å². The molecular formula is C2H2BrNO2. The Morgan fingerprint density at radius 2 is 2.50 bits per heavy atom. The zero-order valence-corrected chi connectivity index (χ0v) is 4.38. The van der Waals surface area contributed by atoms with Crippen LogP contribution in [0.25, 0.3) is 0 Å². The summed E-state index contributed by atoms with van der Waals surface area (Å²) in [4.78, 5) is 8.55. The normalized spacial score (nSPS) is 18.5. The predicted molar refractivity (Wildman–Crippen MR) is 22.1 cm³/mol. The maximum absolute atomic E-state index is 4.29. The quantitative estimate of drug-likeness (QED) is 0.381. The van der Waals surface area contributed by atoms with Gasteiger partial charge in [-0.25, -0.2) is 0 Å². The molecule has 0 aromatic carbocycles. The zero-order chi connectivity index (χ0) is 4.41. The molecule has 0 atom stereocenters. The lowest BCUT2D eigenvalue weighted by Gasteiger charge is -1.94. The number of hydrogen-bond donors (Lipinski definition) is 0. The fraction of sp³-hybridized carbons (Fsp3) is 0. The topological polar surface area (TPSA) is 21.7 Å². The fourth-order valence-electron chi connectivity index (χ4n) is 0.163. The van der Waals surface area contributed by atoms with Gasteiger partial charge in [-0.1, -0.05) is 0 Å². The summed E-state index contributed by atoms with van der Waals surface area (Å²) in [6.07, 6.45) is 2.99. The average molecular weight is 152 g/mol. The number of halogens is 1. The molecule has 0 fully saturated rings. The second-order valence-corrected chi connectivity index (χ2v) is 1.43. The Bertz CT molecular complexity index is 73.9. The number of rotatable bonds is 0. The largest absolute Gasteiger partial charge is 0.320 e. The van der Waals surface area contributed by atoms with Gasteiger partial charge in [0.1, 0.15) is 0 Å². The zero-order valence-electron chi connectivity index (χ0n) is 2.80. The van der Waals surface area contributed by atoms with Gasteiger partial charge in [0.2, 0.25) is 0 Å². The number of nitrogens with zero attached hydrogens (tertiary/aromatic N) is 1. The fourth-order valence-corrected chi connectivity index (χ4v) is 0.328. The maximum atomic E-state index is 4.29. The van der Waals surface area contributed by atoms with Crippen molar-refractivity contribution < 1.29 is 9.88 Å². The highest BCUT2D eigenvalue weighted by Gasteiger charge is 1.97. The predicted octanol–water partition coefficient (Wildman–Crippen LogP) is 0.946. The molecule has 0 amide bonds. The molecular weight excluding hydrogens is 150 g/mol. The van der Waals surface area contributed by atoms with Crippen molar-refractivity contribution in [2.75, 3.05) is 0 Å². The molecule has 0 unspecified atom stereocenters. The summed E-state index contributed by atoms with van der Waals surface area (Å²) in [6.45, 7) is 0. The maximum Gasteiger partial charge on any atom is 0.151 e. The third-order valence-corrected chi connectivity index (χ3v) is 0.702. The van der Waals surface area contributed by atoms with Crippen molar-refractivity contribution in [3.8, 4) is 0 Å². The molecule has 0 bridgehead atoms. The standard InChI is InChI=1S/C2H2BrNO2/c3-4-1-2-5-6-4/h1-2H. The second-order valence-electron chi connectivity index (χ2n) is 0.728. The molecule has 0 N–H and O–H groups in total. The molecule has 0 aromatic rings. The Hall–Kier alpha value is -0.220. The third-order valence-electron chi connectivity index (χ3n) is 0.348. The van der Waals surface area contributed by atoms with E-state index in [1.54, 1.807) is 6.20 Å². The van der Waals surface area contributed by atoms with Gasteiger partial charge in [-0.2, -0.15) is 0 Å². The highest BCUT2D eigenvalue weighted by Crippen LogP contribution is 2.06. The molecule has 6 heavy (non-hydrogen) atoms. The van der Waals surface area contributed by atoms with Crippen molar-refractivity contribution in [3.63, 3.8) is 0 Å².